The zero-order valence-electron chi connectivity index (χ0n) is 10.1. The Morgan fingerprint density at radius 3 is 2.75 bits per heavy atom. The van der Waals surface area contributed by atoms with Gasteiger partial charge in [-0.25, -0.2) is 4.98 Å². The SMILES string of the molecule is CC(C)C(CN)C(=O)NCc1nccn1C. The lowest BCUT2D eigenvalue weighted by Gasteiger charge is -2.18. The minimum Gasteiger partial charge on any atom is -0.349 e. The van der Waals surface area contributed by atoms with Crippen LogP contribution in [0.5, 0.6) is 0 Å². The predicted molar refractivity (Wildman–Crippen MR) is 62.4 cm³/mol. The molecule has 1 atom stereocenters. The van der Waals surface area contributed by atoms with Crippen LogP contribution < -0.4 is 11.1 Å². The van der Waals surface area contributed by atoms with Gasteiger partial charge in [0.15, 0.2) is 0 Å². The molecular weight excluding hydrogens is 204 g/mol. The third kappa shape index (κ3) is 3.06. The molecule has 0 saturated carbocycles. The van der Waals surface area contributed by atoms with Crippen LogP contribution in [0.25, 0.3) is 0 Å². The molecule has 1 aromatic rings. The van der Waals surface area contributed by atoms with Crippen molar-refractivity contribution in [3.05, 3.63) is 18.2 Å². The minimum atomic E-state index is -0.125. The molecule has 0 fully saturated rings. The molecular formula is C11H20N4O. The van der Waals surface area contributed by atoms with Gasteiger partial charge in [0.05, 0.1) is 12.5 Å². The first-order valence-electron chi connectivity index (χ1n) is 5.50. The van der Waals surface area contributed by atoms with Crippen molar-refractivity contribution in [1.82, 2.24) is 14.9 Å². The predicted octanol–water partition coefficient (Wildman–Crippen LogP) is 0.267. The first-order chi connectivity index (χ1) is 7.56. The lowest BCUT2D eigenvalue weighted by molar-refractivity contribution is -0.126. The lowest BCUT2D eigenvalue weighted by Crippen LogP contribution is -2.38. The van der Waals surface area contributed by atoms with E-state index in [-0.39, 0.29) is 17.7 Å². The second-order valence-corrected chi connectivity index (χ2v) is 4.26. The Hall–Kier alpha value is -1.36. The van der Waals surface area contributed by atoms with Crippen molar-refractivity contribution in [3.63, 3.8) is 0 Å². The summed E-state index contributed by atoms with van der Waals surface area (Å²) in [4.78, 5) is 15.9. The van der Waals surface area contributed by atoms with E-state index in [0.717, 1.165) is 5.82 Å². The van der Waals surface area contributed by atoms with E-state index in [2.05, 4.69) is 10.3 Å². The summed E-state index contributed by atoms with van der Waals surface area (Å²) >= 11 is 0. The molecule has 0 aliphatic rings. The Kier molecular flexibility index (Phi) is 4.49. The molecule has 1 aromatic heterocycles. The molecule has 0 aliphatic heterocycles. The van der Waals surface area contributed by atoms with Gasteiger partial charge in [0.25, 0.3) is 0 Å². The highest BCUT2D eigenvalue weighted by molar-refractivity contribution is 5.79. The second kappa shape index (κ2) is 5.65. The summed E-state index contributed by atoms with van der Waals surface area (Å²) in [5.74, 6) is 0.972. The number of carbonyl (C=O) groups is 1. The number of hydrogen-bond donors (Lipinski definition) is 2. The maximum atomic E-state index is 11.8. The molecule has 90 valence electrons. The standard InChI is InChI=1S/C11H20N4O/c1-8(2)9(6-12)11(16)14-7-10-13-4-5-15(10)3/h4-5,8-9H,6-7,12H2,1-3H3,(H,14,16). The van der Waals surface area contributed by atoms with E-state index in [0.29, 0.717) is 13.1 Å². The number of aromatic nitrogens is 2. The number of imidazole rings is 1. The van der Waals surface area contributed by atoms with Crippen LogP contribution in [0.2, 0.25) is 0 Å². The number of hydrogen-bond acceptors (Lipinski definition) is 3. The maximum absolute atomic E-state index is 11.8. The highest BCUT2D eigenvalue weighted by Crippen LogP contribution is 2.09. The summed E-state index contributed by atoms with van der Waals surface area (Å²) in [5, 5.41) is 2.86. The third-order valence-electron chi connectivity index (χ3n) is 2.74. The molecule has 0 saturated heterocycles. The van der Waals surface area contributed by atoms with E-state index >= 15 is 0 Å². The molecule has 1 amide bonds. The number of rotatable bonds is 5. The summed E-state index contributed by atoms with van der Waals surface area (Å²) in [7, 11) is 1.90. The zero-order chi connectivity index (χ0) is 12.1. The van der Waals surface area contributed by atoms with Crippen LogP contribution in [0, 0.1) is 11.8 Å². The van der Waals surface area contributed by atoms with Crippen molar-refractivity contribution in [2.45, 2.75) is 20.4 Å². The fourth-order valence-electron chi connectivity index (χ4n) is 1.55. The van der Waals surface area contributed by atoms with Gasteiger partial charge in [-0.2, -0.15) is 0 Å². The van der Waals surface area contributed by atoms with E-state index in [1.54, 1.807) is 6.20 Å². The molecule has 0 aromatic carbocycles. The number of nitrogens with one attached hydrogen (secondary N) is 1. The van der Waals surface area contributed by atoms with Gasteiger partial charge < -0.3 is 15.6 Å². The quantitative estimate of drug-likeness (QED) is 0.754. The van der Waals surface area contributed by atoms with E-state index < -0.39 is 0 Å². The highest BCUT2D eigenvalue weighted by Gasteiger charge is 2.20. The number of nitrogens with two attached hydrogens (primary N) is 1. The third-order valence-corrected chi connectivity index (χ3v) is 2.74. The normalized spacial score (nSPS) is 12.8. The zero-order valence-corrected chi connectivity index (χ0v) is 10.1. The Balaban J connectivity index is 2.49. The Morgan fingerprint density at radius 2 is 2.31 bits per heavy atom. The molecule has 5 heteroatoms. The van der Waals surface area contributed by atoms with E-state index in [1.807, 2.05) is 31.7 Å². The van der Waals surface area contributed by atoms with Crippen LogP contribution in [0.4, 0.5) is 0 Å². The Labute approximate surface area is 96.0 Å². The van der Waals surface area contributed by atoms with Crippen molar-refractivity contribution in [2.75, 3.05) is 6.54 Å². The molecule has 1 rings (SSSR count). The van der Waals surface area contributed by atoms with E-state index in [1.165, 1.54) is 0 Å². The van der Waals surface area contributed by atoms with Crippen molar-refractivity contribution in [1.29, 1.82) is 0 Å². The van der Waals surface area contributed by atoms with Gasteiger partial charge in [-0.3, -0.25) is 4.79 Å². The van der Waals surface area contributed by atoms with Gasteiger partial charge >= 0.3 is 0 Å². The van der Waals surface area contributed by atoms with Gasteiger partial charge in [0.1, 0.15) is 5.82 Å². The Morgan fingerprint density at radius 1 is 1.62 bits per heavy atom. The number of carbonyl (C=O) groups excluding carboxylic acids is 1. The number of amides is 1. The van der Waals surface area contributed by atoms with Gasteiger partial charge in [0, 0.05) is 26.0 Å². The number of aryl methyl sites for hydroxylation is 1. The summed E-state index contributed by atoms with van der Waals surface area (Å²) in [6, 6.07) is 0. The smallest absolute Gasteiger partial charge is 0.225 e. The molecule has 0 spiro atoms. The largest absolute Gasteiger partial charge is 0.349 e. The van der Waals surface area contributed by atoms with Crippen molar-refractivity contribution in [3.8, 4) is 0 Å². The number of nitrogens with zero attached hydrogens (tertiary/aromatic N) is 2. The first-order valence-corrected chi connectivity index (χ1v) is 5.50. The fourth-order valence-corrected chi connectivity index (χ4v) is 1.55. The first kappa shape index (κ1) is 12.7. The fraction of sp³-hybridized carbons (Fsp3) is 0.636. The highest BCUT2D eigenvalue weighted by atomic mass is 16.1. The molecule has 5 nitrogen and oxygen atoms in total. The maximum Gasteiger partial charge on any atom is 0.225 e. The summed E-state index contributed by atoms with van der Waals surface area (Å²) in [5.41, 5.74) is 5.57. The Bertz CT molecular complexity index is 346. The van der Waals surface area contributed by atoms with Gasteiger partial charge in [0.2, 0.25) is 5.91 Å². The van der Waals surface area contributed by atoms with E-state index in [4.69, 9.17) is 5.73 Å². The van der Waals surface area contributed by atoms with Crippen LogP contribution in [-0.4, -0.2) is 22.0 Å². The molecule has 0 bridgehead atoms. The molecule has 3 N–H and O–H groups in total. The minimum absolute atomic E-state index is 0.000463. The average molecular weight is 224 g/mol. The van der Waals surface area contributed by atoms with E-state index in [9.17, 15) is 4.79 Å². The molecule has 0 radical (unpaired) electrons. The van der Waals surface area contributed by atoms with Gasteiger partial charge in [-0.05, 0) is 5.92 Å². The molecule has 1 heterocycles. The lowest BCUT2D eigenvalue weighted by atomic mass is 9.95. The summed E-state index contributed by atoms with van der Waals surface area (Å²) in [6.07, 6.45) is 3.56. The van der Waals surface area contributed by atoms with Crippen LogP contribution in [0.3, 0.4) is 0 Å². The van der Waals surface area contributed by atoms with Gasteiger partial charge in [-0.1, -0.05) is 13.8 Å². The van der Waals surface area contributed by atoms with Crippen LogP contribution in [0.15, 0.2) is 12.4 Å². The second-order valence-electron chi connectivity index (χ2n) is 4.26. The van der Waals surface area contributed by atoms with Crippen LogP contribution in [0.1, 0.15) is 19.7 Å². The monoisotopic (exact) mass is 224 g/mol. The molecule has 16 heavy (non-hydrogen) atoms. The molecule has 0 aliphatic carbocycles. The summed E-state index contributed by atoms with van der Waals surface area (Å²) in [6.45, 7) is 4.82. The van der Waals surface area contributed by atoms with Crippen molar-refractivity contribution < 1.29 is 4.79 Å². The van der Waals surface area contributed by atoms with Crippen molar-refractivity contribution in [2.24, 2.45) is 24.6 Å². The van der Waals surface area contributed by atoms with Crippen LogP contribution in [-0.2, 0) is 18.4 Å². The molecule has 1 unspecified atom stereocenters. The van der Waals surface area contributed by atoms with Crippen LogP contribution >= 0.6 is 0 Å². The van der Waals surface area contributed by atoms with Crippen molar-refractivity contribution >= 4 is 5.91 Å². The topological polar surface area (TPSA) is 72.9 Å². The average Bonchev–Trinajstić information content (AvgIpc) is 2.61. The van der Waals surface area contributed by atoms with Gasteiger partial charge in [-0.15, -0.1) is 0 Å². The summed E-state index contributed by atoms with van der Waals surface area (Å²) < 4.78 is 1.88.